The van der Waals surface area contributed by atoms with Crippen LogP contribution in [0.15, 0.2) is 48.5 Å². The predicted octanol–water partition coefficient (Wildman–Crippen LogP) is 3.81. The van der Waals surface area contributed by atoms with Gasteiger partial charge in [0.2, 0.25) is 10.0 Å². The number of hydrogen-bond acceptors (Lipinski definition) is 6. The smallest absolute Gasteiger partial charge is 0.219 e. The van der Waals surface area contributed by atoms with E-state index in [1.807, 2.05) is 48.5 Å². The maximum atomic E-state index is 13.2. The average Bonchev–Trinajstić information content (AvgIpc) is 3.21. The second-order valence-electron chi connectivity index (χ2n) is 8.51. The molecule has 0 unspecified atom stereocenters. The van der Waals surface area contributed by atoms with Crippen LogP contribution in [0.25, 0.3) is 0 Å². The Morgan fingerprint density at radius 2 is 1.81 bits per heavy atom. The third-order valence-corrected chi connectivity index (χ3v) is 8.14. The molecule has 8 heteroatoms. The molecule has 32 heavy (non-hydrogen) atoms. The van der Waals surface area contributed by atoms with Gasteiger partial charge in [-0.3, -0.25) is 4.84 Å². The molecular weight excluding hydrogens is 428 g/mol. The van der Waals surface area contributed by atoms with Gasteiger partial charge in [0, 0.05) is 13.1 Å². The van der Waals surface area contributed by atoms with Crippen LogP contribution in [0.5, 0.6) is 11.5 Å². The molecule has 4 rings (SSSR count). The SMILES string of the molecule is COc1cc([C@@H]2[C@@H](S(=O)(=O)NC3CCCCC3)CON2C)ccc1OCc1ccccc1. The second-order valence-corrected chi connectivity index (χ2v) is 10.4. The monoisotopic (exact) mass is 460 g/mol. The molecule has 2 atom stereocenters. The summed E-state index contributed by atoms with van der Waals surface area (Å²) in [5.41, 5.74) is 1.87. The van der Waals surface area contributed by atoms with Crippen LogP contribution in [0.3, 0.4) is 0 Å². The number of hydroxylamine groups is 2. The fraction of sp³-hybridized carbons (Fsp3) is 0.500. The van der Waals surface area contributed by atoms with Gasteiger partial charge in [0.1, 0.15) is 11.9 Å². The van der Waals surface area contributed by atoms with E-state index >= 15 is 0 Å². The molecular formula is C24H32N2O5S. The van der Waals surface area contributed by atoms with Gasteiger partial charge >= 0.3 is 0 Å². The lowest BCUT2D eigenvalue weighted by molar-refractivity contribution is -0.110. The van der Waals surface area contributed by atoms with Crippen molar-refractivity contribution in [2.75, 3.05) is 20.8 Å². The molecule has 2 aromatic rings. The maximum absolute atomic E-state index is 13.2. The molecule has 0 aromatic heterocycles. The Morgan fingerprint density at radius 3 is 2.53 bits per heavy atom. The van der Waals surface area contributed by atoms with E-state index in [1.54, 1.807) is 19.2 Å². The van der Waals surface area contributed by atoms with E-state index < -0.39 is 21.3 Å². The van der Waals surface area contributed by atoms with Gasteiger partial charge in [0.25, 0.3) is 0 Å². The lowest BCUT2D eigenvalue weighted by atomic mass is 9.96. The van der Waals surface area contributed by atoms with Crippen LogP contribution in [0.1, 0.15) is 49.3 Å². The zero-order valence-corrected chi connectivity index (χ0v) is 19.5. The van der Waals surface area contributed by atoms with Crippen LogP contribution in [0, 0.1) is 0 Å². The number of benzene rings is 2. The number of methoxy groups -OCH3 is 1. The number of nitrogens with zero attached hydrogens (tertiary/aromatic N) is 1. The van der Waals surface area contributed by atoms with Crippen molar-refractivity contribution >= 4 is 10.0 Å². The summed E-state index contributed by atoms with van der Waals surface area (Å²) in [6.07, 6.45) is 5.11. The lowest BCUT2D eigenvalue weighted by Crippen LogP contribution is -2.44. The molecule has 174 valence electrons. The average molecular weight is 461 g/mol. The van der Waals surface area contributed by atoms with Gasteiger partial charge in [-0.2, -0.15) is 5.06 Å². The van der Waals surface area contributed by atoms with Crippen molar-refractivity contribution in [2.45, 2.75) is 56.0 Å². The third-order valence-electron chi connectivity index (χ3n) is 6.29. The van der Waals surface area contributed by atoms with Gasteiger partial charge in [0.15, 0.2) is 11.5 Å². The van der Waals surface area contributed by atoms with Crippen molar-refractivity contribution in [3.05, 3.63) is 59.7 Å². The molecule has 0 amide bonds. The summed E-state index contributed by atoms with van der Waals surface area (Å²) in [4.78, 5) is 5.66. The van der Waals surface area contributed by atoms with Crippen molar-refractivity contribution in [3.63, 3.8) is 0 Å². The van der Waals surface area contributed by atoms with E-state index in [-0.39, 0.29) is 12.6 Å². The van der Waals surface area contributed by atoms with Crippen LogP contribution in [-0.4, -0.2) is 45.5 Å². The van der Waals surface area contributed by atoms with Crippen LogP contribution >= 0.6 is 0 Å². The molecule has 0 spiro atoms. The lowest BCUT2D eigenvalue weighted by Gasteiger charge is -2.27. The highest BCUT2D eigenvalue weighted by Crippen LogP contribution is 2.38. The van der Waals surface area contributed by atoms with E-state index in [1.165, 1.54) is 6.42 Å². The highest BCUT2D eigenvalue weighted by Gasteiger charge is 2.44. The normalized spacial score (nSPS) is 22.7. The summed E-state index contributed by atoms with van der Waals surface area (Å²) in [5, 5.41) is 0.930. The molecule has 0 radical (unpaired) electrons. The molecule has 7 nitrogen and oxygen atoms in total. The molecule has 0 bridgehead atoms. The first-order chi connectivity index (χ1) is 15.5. The van der Waals surface area contributed by atoms with Gasteiger partial charge in [0.05, 0.1) is 19.8 Å². The second kappa shape index (κ2) is 10.2. The predicted molar refractivity (Wildman–Crippen MR) is 123 cm³/mol. The number of rotatable bonds is 8. The quantitative estimate of drug-likeness (QED) is 0.646. The molecule has 1 heterocycles. The topological polar surface area (TPSA) is 77.1 Å². The van der Waals surface area contributed by atoms with Crippen LogP contribution in [0.2, 0.25) is 0 Å². The largest absolute Gasteiger partial charge is 0.493 e. The van der Waals surface area contributed by atoms with Crippen molar-refractivity contribution in [1.82, 2.24) is 9.79 Å². The minimum Gasteiger partial charge on any atom is -0.493 e. The van der Waals surface area contributed by atoms with E-state index in [4.69, 9.17) is 14.3 Å². The van der Waals surface area contributed by atoms with Crippen LogP contribution < -0.4 is 14.2 Å². The van der Waals surface area contributed by atoms with Gasteiger partial charge in [-0.05, 0) is 36.1 Å². The Balaban J connectivity index is 1.52. The standard InChI is InChI=1S/C24H32N2O5S/c1-26-24(23(17-31-26)32(27,28)25-20-11-7-4-8-12-20)19-13-14-21(22(15-19)29-2)30-16-18-9-5-3-6-10-18/h3,5-6,9-10,13-15,20,23-25H,4,7-8,11-12,16-17H2,1-2H3/t23-,24+/m0/s1. The Kier molecular flexibility index (Phi) is 7.35. The molecule has 1 aliphatic carbocycles. The van der Waals surface area contributed by atoms with Crippen LogP contribution in [-0.2, 0) is 21.5 Å². The summed E-state index contributed by atoms with van der Waals surface area (Å²) in [6, 6.07) is 15.1. The number of nitrogens with one attached hydrogen (secondary N) is 1. The van der Waals surface area contributed by atoms with Crippen LogP contribution in [0.4, 0.5) is 0 Å². The highest BCUT2D eigenvalue weighted by atomic mass is 32.2. The molecule has 2 fully saturated rings. The first-order valence-electron chi connectivity index (χ1n) is 11.2. The molecule has 1 N–H and O–H groups in total. The van der Waals surface area contributed by atoms with Crippen molar-refractivity contribution in [2.24, 2.45) is 0 Å². The summed E-state index contributed by atoms with van der Waals surface area (Å²) in [5.74, 6) is 1.18. The number of sulfonamides is 1. The first-order valence-corrected chi connectivity index (χ1v) is 12.7. The summed E-state index contributed by atoms with van der Waals surface area (Å²) >= 11 is 0. The third kappa shape index (κ3) is 5.26. The zero-order chi connectivity index (χ0) is 22.6. The Morgan fingerprint density at radius 1 is 1.06 bits per heavy atom. The fourth-order valence-corrected chi connectivity index (χ4v) is 6.33. The first kappa shape index (κ1) is 23.0. The summed E-state index contributed by atoms with van der Waals surface area (Å²) in [6.45, 7) is 0.545. The van der Waals surface area contributed by atoms with E-state index in [2.05, 4.69) is 4.72 Å². The minimum atomic E-state index is -3.55. The van der Waals surface area contributed by atoms with E-state index in [0.717, 1.165) is 36.8 Å². The van der Waals surface area contributed by atoms with Crippen molar-refractivity contribution < 1.29 is 22.7 Å². The van der Waals surface area contributed by atoms with Crippen molar-refractivity contribution in [1.29, 1.82) is 0 Å². The Bertz CT molecular complexity index is 993. The fourth-order valence-electron chi connectivity index (χ4n) is 4.54. The molecule has 1 saturated heterocycles. The van der Waals surface area contributed by atoms with Gasteiger partial charge < -0.3 is 9.47 Å². The van der Waals surface area contributed by atoms with E-state index in [9.17, 15) is 8.42 Å². The number of ether oxygens (including phenoxy) is 2. The maximum Gasteiger partial charge on any atom is 0.219 e. The summed E-state index contributed by atoms with van der Waals surface area (Å²) < 4.78 is 40.9. The van der Waals surface area contributed by atoms with E-state index in [0.29, 0.717) is 18.1 Å². The molecule has 1 aliphatic heterocycles. The molecule has 2 aromatic carbocycles. The minimum absolute atomic E-state index is 0.0172. The zero-order valence-electron chi connectivity index (χ0n) is 18.7. The Hall–Kier alpha value is -2.13. The van der Waals surface area contributed by atoms with Crippen molar-refractivity contribution in [3.8, 4) is 11.5 Å². The Labute approximate surface area is 190 Å². The highest BCUT2D eigenvalue weighted by molar-refractivity contribution is 7.90. The summed E-state index contributed by atoms with van der Waals surface area (Å²) in [7, 11) is -0.198. The van der Waals surface area contributed by atoms with Gasteiger partial charge in [-0.1, -0.05) is 55.7 Å². The van der Waals surface area contributed by atoms with Gasteiger partial charge in [-0.25, -0.2) is 13.1 Å². The molecule has 1 saturated carbocycles. The number of hydrogen-bond donors (Lipinski definition) is 1. The molecule has 2 aliphatic rings. The van der Waals surface area contributed by atoms with Gasteiger partial charge in [-0.15, -0.1) is 0 Å².